The first kappa shape index (κ1) is 13.0. The van der Waals surface area contributed by atoms with Crippen LogP contribution in [0, 0.1) is 10.8 Å². The highest BCUT2D eigenvalue weighted by atomic mass is 14.4. The highest BCUT2D eigenvalue weighted by molar-refractivity contribution is 4.92. The molecule has 104 valence electrons. The van der Waals surface area contributed by atoms with Gasteiger partial charge in [-0.1, -0.05) is 51.4 Å². The Bertz CT molecular complexity index is 251. The Morgan fingerprint density at radius 2 is 0.611 bits per heavy atom. The van der Waals surface area contributed by atoms with E-state index in [1.54, 1.807) is 57.8 Å². The van der Waals surface area contributed by atoms with E-state index in [-0.39, 0.29) is 0 Å². The molecule has 18 heavy (non-hydrogen) atoms. The summed E-state index contributed by atoms with van der Waals surface area (Å²) in [5, 5.41) is 0. The van der Waals surface area contributed by atoms with Crippen molar-refractivity contribution in [3.05, 3.63) is 0 Å². The van der Waals surface area contributed by atoms with Crippen LogP contribution >= 0.6 is 0 Å². The monoisotopic (exact) mass is 248 g/mol. The number of rotatable bonds is 0. The maximum absolute atomic E-state index is 1.59. The quantitative estimate of drug-likeness (QED) is 0.476. The molecule has 0 bridgehead atoms. The zero-order chi connectivity index (χ0) is 12.3. The van der Waals surface area contributed by atoms with Crippen molar-refractivity contribution in [1.82, 2.24) is 0 Å². The second kappa shape index (κ2) is 5.55. The molecule has 3 saturated carbocycles. The molecule has 3 fully saturated rings. The Kier molecular flexibility index (Phi) is 4.01. The molecular formula is C18H32. The third-order valence-electron chi connectivity index (χ3n) is 6.68. The van der Waals surface area contributed by atoms with Crippen molar-refractivity contribution in [3.8, 4) is 0 Å². The molecule has 3 rings (SSSR count). The molecule has 0 saturated heterocycles. The molecule has 0 aliphatic heterocycles. The van der Waals surface area contributed by atoms with Crippen LogP contribution in [0.4, 0.5) is 0 Å². The van der Waals surface area contributed by atoms with Crippen molar-refractivity contribution in [2.45, 2.75) is 103 Å². The summed E-state index contributed by atoms with van der Waals surface area (Å²) < 4.78 is 0. The molecule has 0 heterocycles. The fourth-order valence-electron chi connectivity index (χ4n) is 5.40. The van der Waals surface area contributed by atoms with Crippen LogP contribution in [-0.4, -0.2) is 0 Å². The van der Waals surface area contributed by atoms with Crippen molar-refractivity contribution < 1.29 is 0 Å². The lowest BCUT2D eigenvalue weighted by Crippen LogP contribution is -2.24. The maximum atomic E-state index is 1.59. The van der Waals surface area contributed by atoms with E-state index in [0.717, 1.165) is 10.8 Å². The van der Waals surface area contributed by atoms with Gasteiger partial charge in [0.2, 0.25) is 0 Å². The lowest BCUT2D eigenvalue weighted by atomic mass is 9.68. The van der Waals surface area contributed by atoms with E-state index < -0.39 is 0 Å². The first-order valence-corrected chi connectivity index (χ1v) is 8.83. The van der Waals surface area contributed by atoms with Gasteiger partial charge in [-0.2, -0.15) is 0 Å². The normalized spacial score (nSPS) is 32.0. The SMILES string of the molecule is C1CCCC2(CC1)CCCC1(CCCCC1)CC2. The standard InChI is InChI=1S/C18H32/c1-2-5-10-17(9-4-1)13-8-14-18(16-15-17)11-6-3-7-12-18/h1-16H2. The lowest BCUT2D eigenvalue weighted by molar-refractivity contribution is 0.142. The summed E-state index contributed by atoms with van der Waals surface area (Å²) in [5.74, 6) is 0. The Labute approximate surface area is 114 Å². The van der Waals surface area contributed by atoms with Crippen LogP contribution in [0.5, 0.6) is 0 Å². The van der Waals surface area contributed by atoms with Crippen LogP contribution in [0.1, 0.15) is 103 Å². The van der Waals surface area contributed by atoms with Gasteiger partial charge in [0.05, 0.1) is 0 Å². The predicted molar refractivity (Wildman–Crippen MR) is 78.7 cm³/mol. The molecule has 3 aliphatic carbocycles. The van der Waals surface area contributed by atoms with Gasteiger partial charge in [0.25, 0.3) is 0 Å². The molecule has 0 nitrogen and oxygen atoms in total. The van der Waals surface area contributed by atoms with Crippen LogP contribution < -0.4 is 0 Å². The highest BCUT2D eigenvalue weighted by Crippen LogP contribution is 2.53. The topological polar surface area (TPSA) is 0 Å². The number of hydrogen-bond donors (Lipinski definition) is 0. The molecule has 3 aliphatic rings. The average molecular weight is 248 g/mol. The van der Waals surface area contributed by atoms with Gasteiger partial charge in [-0.05, 0) is 62.2 Å². The summed E-state index contributed by atoms with van der Waals surface area (Å²) in [5.41, 5.74) is 1.62. The van der Waals surface area contributed by atoms with Crippen LogP contribution in [0.25, 0.3) is 0 Å². The molecule has 2 spiro atoms. The molecule has 0 N–H and O–H groups in total. The van der Waals surface area contributed by atoms with Gasteiger partial charge in [-0.25, -0.2) is 0 Å². The van der Waals surface area contributed by atoms with E-state index in [1.165, 1.54) is 44.9 Å². The minimum atomic E-state index is 0.803. The van der Waals surface area contributed by atoms with E-state index >= 15 is 0 Å². The van der Waals surface area contributed by atoms with Crippen LogP contribution in [0.3, 0.4) is 0 Å². The van der Waals surface area contributed by atoms with Gasteiger partial charge < -0.3 is 0 Å². The summed E-state index contributed by atoms with van der Waals surface area (Å²) in [6.07, 6.45) is 24.9. The van der Waals surface area contributed by atoms with E-state index in [2.05, 4.69) is 0 Å². The average Bonchev–Trinajstić information content (AvgIpc) is 2.72. The zero-order valence-corrected chi connectivity index (χ0v) is 12.3. The Morgan fingerprint density at radius 1 is 0.278 bits per heavy atom. The van der Waals surface area contributed by atoms with Gasteiger partial charge in [0.15, 0.2) is 0 Å². The fourth-order valence-corrected chi connectivity index (χ4v) is 5.40. The van der Waals surface area contributed by atoms with E-state index in [1.807, 2.05) is 0 Å². The van der Waals surface area contributed by atoms with Gasteiger partial charge in [-0.3, -0.25) is 0 Å². The van der Waals surface area contributed by atoms with E-state index in [0.29, 0.717) is 0 Å². The summed E-state index contributed by atoms with van der Waals surface area (Å²) in [7, 11) is 0. The second-order valence-electron chi connectivity index (χ2n) is 7.83. The van der Waals surface area contributed by atoms with Crippen LogP contribution in [0.2, 0.25) is 0 Å². The van der Waals surface area contributed by atoms with Gasteiger partial charge in [0, 0.05) is 0 Å². The predicted octanol–water partition coefficient (Wildman–Crippen LogP) is 6.24. The van der Waals surface area contributed by atoms with Crippen LogP contribution in [0.15, 0.2) is 0 Å². The summed E-state index contributed by atoms with van der Waals surface area (Å²) >= 11 is 0. The summed E-state index contributed by atoms with van der Waals surface area (Å²) in [6.45, 7) is 0. The van der Waals surface area contributed by atoms with Gasteiger partial charge in [0.1, 0.15) is 0 Å². The number of hydrogen-bond acceptors (Lipinski definition) is 0. The van der Waals surface area contributed by atoms with Crippen LogP contribution in [-0.2, 0) is 0 Å². The Hall–Kier alpha value is 0. The zero-order valence-electron chi connectivity index (χ0n) is 12.3. The van der Waals surface area contributed by atoms with Crippen molar-refractivity contribution >= 4 is 0 Å². The summed E-state index contributed by atoms with van der Waals surface area (Å²) in [4.78, 5) is 0. The largest absolute Gasteiger partial charge is 0.0533 e. The molecule has 0 heteroatoms. The molecule has 0 unspecified atom stereocenters. The minimum Gasteiger partial charge on any atom is -0.0533 e. The Morgan fingerprint density at radius 3 is 1.06 bits per heavy atom. The lowest BCUT2D eigenvalue weighted by Gasteiger charge is -2.38. The molecule has 0 aromatic carbocycles. The molecule has 0 radical (unpaired) electrons. The van der Waals surface area contributed by atoms with E-state index in [9.17, 15) is 0 Å². The summed E-state index contributed by atoms with van der Waals surface area (Å²) in [6, 6.07) is 0. The second-order valence-corrected chi connectivity index (χ2v) is 7.83. The molecule has 0 atom stereocenters. The highest BCUT2D eigenvalue weighted by Gasteiger charge is 2.39. The van der Waals surface area contributed by atoms with Crippen molar-refractivity contribution in [1.29, 1.82) is 0 Å². The first-order chi connectivity index (χ1) is 8.83. The third kappa shape index (κ3) is 2.78. The molecule has 0 amide bonds. The molecule has 0 aromatic heterocycles. The van der Waals surface area contributed by atoms with Gasteiger partial charge >= 0.3 is 0 Å². The van der Waals surface area contributed by atoms with Gasteiger partial charge in [-0.15, -0.1) is 0 Å². The van der Waals surface area contributed by atoms with Crippen molar-refractivity contribution in [2.24, 2.45) is 10.8 Å². The van der Waals surface area contributed by atoms with Crippen molar-refractivity contribution in [2.75, 3.05) is 0 Å². The van der Waals surface area contributed by atoms with Crippen molar-refractivity contribution in [3.63, 3.8) is 0 Å². The third-order valence-corrected chi connectivity index (χ3v) is 6.68. The smallest absolute Gasteiger partial charge is 0.0297 e. The fraction of sp³-hybridized carbons (Fsp3) is 1.00. The maximum Gasteiger partial charge on any atom is -0.0297 e. The molecule has 0 aromatic rings. The Balaban J connectivity index is 1.66. The molecular weight excluding hydrogens is 216 g/mol. The first-order valence-electron chi connectivity index (χ1n) is 8.83. The minimum absolute atomic E-state index is 0.803. The van der Waals surface area contributed by atoms with E-state index in [4.69, 9.17) is 0 Å².